The van der Waals surface area contributed by atoms with Gasteiger partial charge in [0.15, 0.2) is 0 Å². The van der Waals surface area contributed by atoms with Crippen molar-refractivity contribution in [3.8, 4) is 0 Å². The molecule has 0 bridgehead atoms. The van der Waals surface area contributed by atoms with E-state index in [2.05, 4.69) is 15.0 Å². The minimum atomic E-state index is -3.60. The van der Waals surface area contributed by atoms with Gasteiger partial charge in [-0.05, 0) is 79.1 Å². The Morgan fingerprint density at radius 3 is 2.15 bits per heavy atom. The summed E-state index contributed by atoms with van der Waals surface area (Å²) in [5.74, 6) is 0. The molecule has 0 radical (unpaired) electrons. The lowest BCUT2D eigenvalue weighted by molar-refractivity contribution is 0.601. The number of hydrogen-bond acceptors (Lipinski definition) is 4. The first-order chi connectivity index (χ1) is 12.4. The highest BCUT2D eigenvalue weighted by Crippen LogP contribution is 2.20. The Balaban J connectivity index is 1.67. The van der Waals surface area contributed by atoms with Crippen LogP contribution >= 0.6 is 0 Å². The van der Waals surface area contributed by atoms with Gasteiger partial charge in [0.1, 0.15) is 0 Å². The minimum Gasteiger partial charge on any atom is -0.381 e. The van der Waals surface area contributed by atoms with Gasteiger partial charge < -0.3 is 5.32 Å². The van der Waals surface area contributed by atoms with E-state index in [1.165, 1.54) is 0 Å². The van der Waals surface area contributed by atoms with Crippen molar-refractivity contribution in [3.05, 3.63) is 83.7 Å². The number of aromatic nitrogens is 1. The van der Waals surface area contributed by atoms with E-state index in [0.29, 0.717) is 12.2 Å². The summed E-state index contributed by atoms with van der Waals surface area (Å²) in [6, 6.07) is 16.2. The molecule has 26 heavy (non-hydrogen) atoms. The maximum Gasteiger partial charge on any atom is 0.261 e. The SMILES string of the molecule is Cc1ccc(S(=O)(=O)Nc2ccc(NCc3ccncc3)cc2)cc1C. The zero-order valence-corrected chi connectivity index (χ0v) is 15.5. The molecule has 0 unspecified atom stereocenters. The second-order valence-corrected chi connectivity index (χ2v) is 7.82. The van der Waals surface area contributed by atoms with E-state index in [1.807, 2.05) is 44.2 Å². The number of nitrogens with zero attached hydrogens (tertiary/aromatic N) is 1. The predicted octanol–water partition coefficient (Wildman–Crippen LogP) is 4.11. The van der Waals surface area contributed by atoms with Crippen molar-refractivity contribution in [1.29, 1.82) is 0 Å². The van der Waals surface area contributed by atoms with E-state index in [-0.39, 0.29) is 4.90 Å². The van der Waals surface area contributed by atoms with Gasteiger partial charge in [0.05, 0.1) is 4.90 Å². The van der Waals surface area contributed by atoms with Crippen molar-refractivity contribution >= 4 is 21.4 Å². The Kier molecular flexibility index (Phi) is 5.23. The molecule has 0 aliphatic rings. The third-order valence-electron chi connectivity index (χ3n) is 4.17. The number of benzene rings is 2. The van der Waals surface area contributed by atoms with Crippen LogP contribution in [0.1, 0.15) is 16.7 Å². The van der Waals surface area contributed by atoms with Crippen LogP contribution < -0.4 is 10.0 Å². The number of pyridine rings is 1. The summed E-state index contributed by atoms with van der Waals surface area (Å²) >= 11 is 0. The first kappa shape index (κ1) is 17.9. The van der Waals surface area contributed by atoms with Gasteiger partial charge in [0.25, 0.3) is 10.0 Å². The molecular weight excluding hydrogens is 346 g/mol. The number of sulfonamides is 1. The monoisotopic (exact) mass is 367 g/mol. The molecule has 0 atom stereocenters. The highest BCUT2D eigenvalue weighted by molar-refractivity contribution is 7.92. The van der Waals surface area contributed by atoms with Crippen LogP contribution in [0.5, 0.6) is 0 Å². The van der Waals surface area contributed by atoms with Gasteiger partial charge in [0.2, 0.25) is 0 Å². The summed E-state index contributed by atoms with van der Waals surface area (Å²) in [5.41, 5.74) is 4.57. The topological polar surface area (TPSA) is 71.1 Å². The molecule has 134 valence electrons. The zero-order valence-electron chi connectivity index (χ0n) is 14.7. The fraction of sp³-hybridized carbons (Fsp3) is 0.150. The van der Waals surface area contributed by atoms with Crippen molar-refractivity contribution in [3.63, 3.8) is 0 Å². The van der Waals surface area contributed by atoms with Gasteiger partial charge >= 0.3 is 0 Å². The number of hydrogen-bond donors (Lipinski definition) is 2. The van der Waals surface area contributed by atoms with E-state index < -0.39 is 10.0 Å². The minimum absolute atomic E-state index is 0.264. The third kappa shape index (κ3) is 4.40. The first-order valence-corrected chi connectivity index (χ1v) is 9.75. The molecule has 3 rings (SSSR count). The Labute approximate surface area is 154 Å². The molecule has 6 heteroatoms. The average Bonchev–Trinajstić information content (AvgIpc) is 2.64. The standard InChI is InChI=1S/C20H21N3O2S/c1-15-3-8-20(13-16(15)2)26(24,25)23-19-6-4-18(5-7-19)22-14-17-9-11-21-12-10-17/h3-13,22-23H,14H2,1-2H3. The number of rotatable bonds is 6. The quantitative estimate of drug-likeness (QED) is 0.688. The second kappa shape index (κ2) is 7.58. The number of aryl methyl sites for hydroxylation is 2. The number of anilines is 2. The normalized spacial score (nSPS) is 11.2. The molecule has 2 N–H and O–H groups in total. The fourth-order valence-corrected chi connectivity index (χ4v) is 3.60. The molecule has 0 spiro atoms. The van der Waals surface area contributed by atoms with E-state index in [1.54, 1.807) is 36.7 Å². The van der Waals surface area contributed by atoms with Gasteiger partial charge in [-0.1, -0.05) is 6.07 Å². The van der Waals surface area contributed by atoms with E-state index in [4.69, 9.17) is 0 Å². The predicted molar refractivity (Wildman–Crippen MR) is 105 cm³/mol. The lowest BCUT2D eigenvalue weighted by Gasteiger charge is -2.11. The third-order valence-corrected chi connectivity index (χ3v) is 5.55. The smallest absolute Gasteiger partial charge is 0.261 e. The van der Waals surface area contributed by atoms with Gasteiger partial charge in [-0.2, -0.15) is 0 Å². The van der Waals surface area contributed by atoms with Crippen LogP contribution in [0.3, 0.4) is 0 Å². The van der Waals surface area contributed by atoms with Crippen molar-refractivity contribution in [2.24, 2.45) is 0 Å². The highest BCUT2D eigenvalue weighted by atomic mass is 32.2. The van der Waals surface area contributed by atoms with Gasteiger partial charge in [0, 0.05) is 30.3 Å². The molecule has 0 saturated heterocycles. The molecule has 1 heterocycles. The van der Waals surface area contributed by atoms with Crippen LogP contribution in [0, 0.1) is 13.8 Å². The molecule has 0 aliphatic heterocycles. The molecule has 5 nitrogen and oxygen atoms in total. The first-order valence-electron chi connectivity index (χ1n) is 8.27. The van der Waals surface area contributed by atoms with Crippen LogP contribution in [0.25, 0.3) is 0 Å². The summed E-state index contributed by atoms with van der Waals surface area (Å²) in [5, 5.41) is 3.29. The Morgan fingerprint density at radius 2 is 1.50 bits per heavy atom. The van der Waals surface area contributed by atoms with Crippen molar-refractivity contribution in [2.45, 2.75) is 25.3 Å². The summed E-state index contributed by atoms with van der Waals surface area (Å²) in [6.45, 7) is 4.53. The molecule has 1 aromatic heterocycles. The lowest BCUT2D eigenvalue weighted by atomic mass is 10.1. The summed E-state index contributed by atoms with van der Waals surface area (Å²) in [6.07, 6.45) is 3.50. The fourth-order valence-electron chi connectivity index (χ4n) is 2.46. The zero-order chi connectivity index (χ0) is 18.6. The molecule has 0 fully saturated rings. The highest BCUT2D eigenvalue weighted by Gasteiger charge is 2.14. The van der Waals surface area contributed by atoms with Crippen LogP contribution in [0.2, 0.25) is 0 Å². The van der Waals surface area contributed by atoms with Gasteiger partial charge in [-0.25, -0.2) is 8.42 Å². The molecule has 0 saturated carbocycles. The largest absolute Gasteiger partial charge is 0.381 e. The van der Waals surface area contributed by atoms with Crippen LogP contribution in [-0.4, -0.2) is 13.4 Å². The number of nitrogens with one attached hydrogen (secondary N) is 2. The van der Waals surface area contributed by atoms with Crippen molar-refractivity contribution in [1.82, 2.24) is 4.98 Å². The summed E-state index contributed by atoms with van der Waals surface area (Å²) in [4.78, 5) is 4.25. The molecular formula is C20H21N3O2S. The summed E-state index contributed by atoms with van der Waals surface area (Å²) in [7, 11) is -3.60. The Morgan fingerprint density at radius 1 is 0.846 bits per heavy atom. The Hall–Kier alpha value is -2.86. The molecule has 0 aliphatic carbocycles. The van der Waals surface area contributed by atoms with Gasteiger partial charge in [-0.3, -0.25) is 9.71 Å². The Bertz CT molecular complexity index is 985. The van der Waals surface area contributed by atoms with E-state index in [9.17, 15) is 8.42 Å². The second-order valence-electron chi connectivity index (χ2n) is 6.14. The van der Waals surface area contributed by atoms with E-state index in [0.717, 1.165) is 22.4 Å². The van der Waals surface area contributed by atoms with Crippen molar-refractivity contribution in [2.75, 3.05) is 10.0 Å². The molecule has 0 amide bonds. The van der Waals surface area contributed by atoms with Crippen LogP contribution in [0.4, 0.5) is 11.4 Å². The van der Waals surface area contributed by atoms with Crippen molar-refractivity contribution < 1.29 is 8.42 Å². The molecule has 2 aromatic carbocycles. The summed E-state index contributed by atoms with van der Waals surface area (Å²) < 4.78 is 27.7. The van der Waals surface area contributed by atoms with Crippen LogP contribution in [-0.2, 0) is 16.6 Å². The van der Waals surface area contributed by atoms with E-state index >= 15 is 0 Å². The lowest BCUT2D eigenvalue weighted by Crippen LogP contribution is -2.13. The van der Waals surface area contributed by atoms with Gasteiger partial charge in [-0.15, -0.1) is 0 Å². The van der Waals surface area contributed by atoms with Crippen LogP contribution in [0.15, 0.2) is 71.9 Å². The maximum atomic E-state index is 12.5. The molecule has 3 aromatic rings. The average molecular weight is 367 g/mol. The maximum absolute atomic E-state index is 12.5.